The number of carbonyl (C=O) groups is 1. The van der Waals surface area contributed by atoms with Crippen molar-refractivity contribution in [3.8, 4) is 0 Å². The van der Waals surface area contributed by atoms with Crippen molar-refractivity contribution >= 4 is 52.1 Å². The first kappa shape index (κ1) is 16.8. The summed E-state index contributed by atoms with van der Waals surface area (Å²) in [5.74, 6) is 0.379. The molecule has 0 bridgehead atoms. The number of nitrogens with one attached hydrogen (secondary N) is 3. The number of nitrogens with two attached hydrogens (primary N) is 1. The number of para-hydroxylation sites is 2. The number of imidazole rings is 1. The van der Waals surface area contributed by atoms with Crippen LogP contribution >= 0.6 is 11.6 Å². The van der Waals surface area contributed by atoms with Crippen LogP contribution in [0.3, 0.4) is 0 Å². The van der Waals surface area contributed by atoms with Gasteiger partial charge in [-0.15, -0.1) is 0 Å². The molecule has 0 aliphatic carbocycles. The lowest BCUT2D eigenvalue weighted by Gasteiger charge is -2.04. The number of H-pyrrole nitrogens is 2. The highest BCUT2D eigenvalue weighted by molar-refractivity contribution is 6.30. The van der Waals surface area contributed by atoms with Crippen LogP contribution < -0.4 is 11.1 Å². The van der Waals surface area contributed by atoms with Gasteiger partial charge in [0.15, 0.2) is 11.6 Å². The molecule has 1 amide bonds. The Morgan fingerprint density at radius 1 is 1.22 bits per heavy atom. The molecule has 0 saturated carbocycles. The Bertz CT molecular complexity index is 1130. The van der Waals surface area contributed by atoms with E-state index in [-0.39, 0.29) is 17.2 Å². The Balaban J connectivity index is 1.64. The number of anilines is 2. The third-order valence-corrected chi connectivity index (χ3v) is 4.04. The van der Waals surface area contributed by atoms with Crippen LogP contribution in [0, 0.1) is 0 Å². The number of hydrogen-bond acceptors (Lipinski definition) is 5. The fourth-order valence-corrected chi connectivity index (χ4v) is 2.80. The third kappa shape index (κ3) is 3.51. The summed E-state index contributed by atoms with van der Waals surface area (Å²) >= 11 is 5.98. The van der Waals surface area contributed by atoms with E-state index in [9.17, 15) is 4.79 Å². The molecule has 0 aliphatic heterocycles. The van der Waals surface area contributed by atoms with Gasteiger partial charge in [0.25, 0.3) is 5.91 Å². The fourth-order valence-electron chi connectivity index (χ4n) is 2.61. The van der Waals surface area contributed by atoms with E-state index in [1.54, 1.807) is 24.3 Å². The fraction of sp³-hybridized carbons (Fsp3) is 0. The van der Waals surface area contributed by atoms with Crippen molar-refractivity contribution in [1.82, 2.24) is 20.2 Å². The molecule has 27 heavy (non-hydrogen) atoms. The van der Waals surface area contributed by atoms with Gasteiger partial charge < -0.3 is 16.0 Å². The third-order valence-electron chi connectivity index (χ3n) is 3.80. The Morgan fingerprint density at radius 3 is 2.85 bits per heavy atom. The minimum atomic E-state index is -0.662. The van der Waals surface area contributed by atoms with Crippen molar-refractivity contribution in [3.05, 3.63) is 64.9 Å². The van der Waals surface area contributed by atoms with E-state index in [4.69, 9.17) is 17.3 Å². The largest absolute Gasteiger partial charge is 0.365 e. The predicted molar refractivity (Wildman–Crippen MR) is 105 cm³/mol. The molecule has 5 N–H and O–H groups in total. The highest BCUT2D eigenvalue weighted by atomic mass is 35.5. The van der Waals surface area contributed by atoms with Crippen LogP contribution in [0.2, 0.25) is 5.02 Å². The monoisotopic (exact) mass is 379 g/mol. The quantitative estimate of drug-likeness (QED) is 0.396. The molecule has 2 aromatic carbocycles. The summed E-state index contributed by atoms with van der Waals surface area (Å²) in [6.07, 6.45) is 1.50. The van der Waals surface area contributed by atoms with Gasteiger partial charge in [-0.1, -0.05) is 29.8 Å². The summed E-state index contributed by atoms with van der Waals surface area (Å²) < 4.78 is 0. The lowest BCUT2D eigenvalue weighted by atomic mass is 10.2. The second-order valence-electron chi connectivity index (χ2n) is 5.69. The topological polar surface area (TPSA) is 125 Å². The molecule has 0 spiro atoms. The summed E-state index contributed by atoms with van der Waals surface area (Å²) in [6, 6.07) is 14.6. The predicted octanol–water partition coefficient (Wildman–Crippen LogP) is 3.53. The minimum Gasteiger partial charge on any atom is -0.365 e. The van der Waals surface area contributed by atoms with Crippen LogP contribution in [-0.2, 0) is 0 Å². The summed E-state index contributed by atoms with van der Waals surface area (Å²) in [4.78, 5) is 23.7. The smallest absolute Gasteiger partial charge is 0.256 e. The molecule has 0 aliphatic rings. The van der Waals surface area contributed by atoms with Crippen molar-refractivity contribution in [1.29, 1.82) is 0 Å². The number of aromatic amines is 2. The molecular formula is C18H14ClN7O. The summed E-state index contributed by atoms with van der Waals surface area (Å²) in [5.41, 5.74) is 8.04. The first-order valence-electron chi connectivity index (χ1n) is 8.00. The van der Waals surface area contributed by atoms with Crippen LogP contribution in [0.15, 0.2) is 53.5 Å². The zero-order valence-electron chi connectivity index (χ0n) is 13.9. The normalized spacial score (nSPS) is 11.3. The van der Waals surface area contributed by atoms with Crippen molar-refractivity contribution in [2.75, 3.05) is 5.32 Å². The van der Waals surface area contributed by atoms with Crippen LogP contribution in [0.4, 0.5) is 17.3 Å². The SMILES string of the molecule is NC(=O)c1c(Nc2cccc(Cl)c2)n[nH]c1/N=C/c1nc2ccccc2[nH]1. The number of aliphatic imine (C=N–C) groups is 1. The minimum absolute atomic E-state index is 0.141. The number of hydrogen-bond donors (Lipinski definition) is 4. The Hall–Kier alpha value is -3.65. The lowest BCUT2D eigenvalue weighted by molar-refractivity contribution is 0.100. The first-order valence-corrected chi connectivity index (χ1v) is 8.37. The van der Waals surface area contributed by atoms with Gasteiger partial charge in [-0.2, -0.15) is 5.10 Å². The van der Waals surface area contributed by atoms with Crippen LogP contribution in [0.5, 0.6) is 0 Å². The molecule has 0 radical (unpaired) electrons. The number of aromatic nitrogens is 4. The van der Waals surface area contributed by atoms with Gasteiger partial charge in [0.1, 0.15) is 11.4 Å². The highest BCUT2D eigenvalue weighted by Crippen LogP contribution is 2.27. The van der Waals surface area contributed by atoms with E-state index in [0.717, 1.165) is 11.0 Å². The first-order chi connectivity index (χ1) is 13.1. The molecule has 0 atom stereocenters. The van der Waals surface area contributed by atoms with Crippen molar-refractivity contribution in [2.45, 2.75) is 0 Å². The number of carbonyl (C=O) groups excluding carboxylic acids is 1. The van der Waals surface area contributed by atoms with E-state index >= 15 is 0 Å². The standard InChI is InChI=1S/C18H14ClN7O/c19-10-4-3-5-11(8-10)22-18-15(16(20)27)17(25-26-18)21-9-14-23-12-6-1-2-7-13(12)24-14/h1-9H,(H2,20,27)(H,23,24)(H2,22,25,26)/b21-9+. The molecule has 8 nitrogen and oxygen atoms in total. The van der Waals surface area contributed by atoms with Crippen molar-refractivity contribution in [2.24, 2.45) is 10.7 Å². The molecule has 4 aromatic rings. The number of primary amides is 1. The van der Waals surface area contributed by atoms with Gasteiger partial charge in [0, 0.05) is 10.7 Å². The average molecular weight is 380 g/mol. The van der Waals surface area contributed by atoms with E-state index in [2.05, 4.69) is 30.5 Å². The molecule has 0 saturated heterocycles. The van der Waals surface area contributed by atoms with Crippen LogP contribution in [-0.4, -0.2) is 32.3 Å². The highest BCUT2D eigenvalue weighted by Gasteiger charge is 2.18. The summed E-state index contributed by atoms with van der Waals surface area (Å²) in [7, 11) is 0. The maximum absolute atomic E-state index is 11.9. The van der Waals surface area contributed by atoms with Gasteiger partial charge in [0.05, 0.1) is 17.2 Å². The number of benzene rings is 2. The summed E-state index contributed by atoms with van der Waals surface area (Å²) in [5, 5.41) is 10.4. The Morgan fingerprint density at radius 2 is 2.07 bits per heavy atom. The zero-order chi connectivity index (χ0) is 18.8. The van der Waals surface area contributed by atoms with Gasteiger partial charge in [-0.25, -0.2) is 9.98 Å². The Kier molecular flexibility index (Phi) is 4.31. The Labute approximate surface area is 158 Å². The summed E-state index contributed by atoms with van der Waals surface area (Å²) in [6.45, 7) is 0. The van der Waals surface area contributed by atoms with Gasteiger partial charge in [0.2, 0.25) is 0 Å². The van der Waals surface area contributed by atoms with Gasteiger partial charge >= 0.3 is 0 Å². The van der Waals surface area contributed by atoms with E-state index < -0.39 is 5.91 Å². The van der Waals surface area contributed by atoms with E-state index in [1.165, 1.54) is 6.21 Å². The van der Waals surface area contributed by atoms with Crippen molar-refractivity contribution in [3.63, 3.8) is 0 Å². The van der Waals surface area contributed by atoms with Crippen molar-refractivity contribution < 1.29 is 4.79 Å². The molecule has 9 heteroatoms. The number of rotatable bonds is 5. The second-order valence-corrected chi connectivity index (χ2v) is 6.13. The van der Waals surface area contributed by atoms with E-state index in [1.807, 2.05) is 24.3 Å². The maximum atomic E-state index is 11.9. The molecule has 0 unspecified atom stereocenters. The molecule has 4 rings (SSSR count). The average Bonchev–Trinajstić information content (AvgIpc) is 3.23. The number of amides is 1. The zero-order valence-corrected chi connectivity index (χ0v) is 14.7. The molecule has 134 valence electrons. The number of fused-ring (bicyclic) bond motifs is 1. The molecule has 0 fully saturated rings. The molecular weight excluding hydrogens is 366 g/mol. The van der Waals surface area contributed by atoms with Crippen LogP contribution in [0.1, 0.15) is 16.2 Å². The molecule has 2 aromatic heterocycles. The maximum Gasteiger partial charge on any atom is 0.256 e. The number of halogens is 1. The van der Waals surface area contributed by atoms with Gasteiger partial charge in [-0.05, 0) is 30.3 Å². The van der Waals surface area contributed by atoms with Crippen LogP contribution in [0.25, 0.3) is 11.0 Å². The second kappa shape index (κ2) is 6.93. The van der Waals surface area contributed by atoms with Gasteiger partial charge in [-0.3, -0.25) is 9.89 Å². The number of nitrogens with zero attached hydrogens (tertiary/aromatic N) is 3. The molecule has 2 heterocycles. The lowest BCUT2D eigenvalue weighted by Crippen LogP contribution is -2.12. The van der Waals surface area contributed by atoms with E-state index in [0.29, 0.717) is 16.5 Å².